The van der Waals surface area contributed by atoms with Crippen molar-refractivity contribution in [3.8, 4) is 33.5 Å². The fraction of sp³-hybridized carbons (Fsp3) is 0.297. The van der Waals surface area contributed by atoms with E-state index in [9.17, 15) is 40.7 Å². The second-order valence-corrected chi connectivity index (χ2v) is 12.5. The summed E-state index contributed by atoms with van der Waals surface area (Å²) in [5, 5.41) is 0. The SMILES string of the molecule is O=C1CCCN1c1cc(N2CCCC2=O)c(N2CCCC2=O)cc1-c1ccc(-c2ccc(-c3c(C(F)(F)F)cccc3C(F)(F)F)nc2)cc1. The minimum Gasteiger partial charge on any atom is -0.312 e. The van der Waals surface area contributed by atoms with Gasteiger partial charge in [0, 0.05) is 61.8 Å². The lowest BCUT2D eigenvalue weighted by molar-refractivity contribution is -0.142. The van der Waals surface area contributed by atoms with Crippen LogP contribution in [0.1, 0.15) is 49.7 Å². The first-order chi connectivity index (χ1) is 23.8. The second kappa shape index (κ2) is 12.6. The molecule has 7 nitrogen and oxygen atoms in total. The van der Waals surface area contributed by atoms with Crippen molar-refractivity contribution in [3.05, 3.63) is 84.1 Å². The van der Waals surface area contributed by atoms with Crippen molar-refractivity contribution in [2.24, 2.45) is 0 Å². The molecule has 258 valence electrons. The van der Waals surface area contributed by atoms with Gasteiger partial charge in [0.2, 0.25) is 17.7 Å². The van der Waals surface area contributed by atoms with Gasteiger partial charge in [-0.1, -0.05) is 36.4 Å². The number of hydrogen-bond acceptors (Lipinski definition) is 4. The number of aromatic nitrogens is 1. The van der Waals surface area contributed by atoms with Gasteiger partial charge < -0.3 is 14.7 Å². The summed E-state index contributed by atoms with van der Waals surface area (Å²) in [5.41, 5.74) is -0.141. The maximum Gasteiger partial charge on any atom is 0.417 e. The summed E-state index contributed by atoms with van der Waals surface area (Å²) in [6.07, 6.45) is -5.66. The van der Waals surface area contributed by atoms with Gasteiger partial charge in [-0.3, -0.25) is 19.4 Å². The fourth-order valence-electron chi connectivity index (χ4n) is 7.02. The van der Waals surface area contributed by atoms with E-state index in [-0.39, 0.29) is 17.7 Å². The Bertz CT molecular complexity index is 1960. The van der Waals surface area contributed by atoms with Gasteiger partial charge in [0.15, 0.2) is 0 Å². The van der Waals surface area contributed by atoms with E-state index in [1.54, 1.807) is 39.0 Å². The molecule has 3 aliphatic rings. The Labute approximate surface area is 283 Å². The molecular weight excluding hydrogens is 662 g/mol. The highest BCUT2D eigenvalue weighted by atomic mass is 19.4. The quantitative estimate of drug-likeness (QED) is 0.190. The third kappa shape index (κ3) is 6.09. The molecule has 3 saturated heterocycles. The predicted molar refractivity (Wildman–Crippen MR) is 175 cm³/mol. The summed E-state index contributed by atoms with van der Waals surface area (Å²) >= 11 is 0. The largest absolute Gasteiger partial charge is 0.417 e. The zero-order chi connectivity index (χ0) is 35.4. The van der Waals surface area contributed by atoms with Gasteiger partial charge in [-0.25, -0.2) is 0 Å². The van der Waals surface area contributed by atoms with Crippen molar-refractivity contribution in [1.29, 1.82) is 0 Å². The normalized spacial score (nSPS) is 17.1. The Balaban J connectivity index is 1.28. The number of pyridine rings is 1. The number of benzene rings is 3. The minimum absolute atomic E-state index is 0.0511. The molecule has 0 saturated carbocycles. The smallest absolute Gasteiger partial charge is 0.312 e. The van der Waals surface area contributed by atoms with Crippen molar-refractivity contribution < 1.29 is 40.7 Å². The van der Waals surface area contributed by atoms with Crippen LogP contribution in [-0.4, -0.2) is 42.3 Å². The summed E-state index contributed by atoms with van der Waals surface area (Å²) < 4.78 is 82.6. The molecule has 1 aromatic heterocycles. The van der Waals surface area contributed by atoms with Crippen LogP contribution in [0, 0.1) is 0 Å². The molecule has 3 fully saturated rings. The monoisotopic (exact) mass is 692 g/mol. The first-order valence-electron chi connectivity index (χ1n) is 16.2. The maximum atomic E-state index is 13.8. The average molecular weight is 693 g/mol. The van der Waals surface area contributed by atoms with Crippen molar-refractivity contribution in [3.63, 3.8) is 0 Å². The van der Waals surface area contributed by atoms with E-state index in [4.69, 9.17) is 0 Å². The molecule has 0 spiro atoms. The summed E-state index contributed by atoms with van der Waals surface area (Å²) in [6.45, 7) is 1.49. The summed E-state index contributed by atoms with van der Waals surface area (Å²) in [5.74, 6) is -0.163. The van der Waals surface area contributed by atoms with Crippen LogP contribution in [0.5, 0.6) is 0 Å². The molecular formula is C37H30F6N4O3. The fourth-order valence-corrected chi connectivity index (χ4v) is 7.02. The van der Waals surface area contributed by atoms with Crippen LogP contribution < -0.4 is 14.7 Å². The van der Waals surface area contributed by atoms with Crippen molar-refractivity contribution >= 4 is 34.8 Å². The predicted octanol–water partition coefficient (Wildman–Crippen LogP) is 8.50. The van der Waals surface area contributed by atoms with E-state index in [1.165, 1.54) is 12.3 Å². The number of rotatable bonds is 6. The van der Waals surface area contributed by atoms with E-state index in [1.807, 2.05) is 12.1 Å². The van der Waals surface area contributed by atoms with Crippen LogP contribution in [0.25, 0.3) is 33.5 Å². The molecule has 0 unspecified atom stereocenters. The van der Waals surface area contributed by atoms with Crippen LogP contribution in [0.4, 0.5) is 43.4 Å². The molecule has 3 amide bonds. The number of nitrogens with zero attached hydrogens (tertiary/aromatic N) is 4. The molecule has 0 atom stereocenters. The van der Waals surface area contributed by atoms with Crippen LogP contribution >= 0.6 is 0 Å². The van der Waals surface area contributed by atoms with Gasteiger partial charge in [-0.15, -0.1) is 0 Å². The summed E-state index contributed by atoms with van der Waals surface area (Å²) in [7, 11) is 0. The second-order valence-electron chi connectivity index (χ2n) is 12.5. The third-order valence-electron chi connectivity index (χ3n) is 9.41. The molecule has 4 heterocycles. The van der Waals surface area contributed by atoms with E-state index < -0.39 is 34.7 Å². The molecule has 0 aliphatic carbocycles. The molecule has 3 aromatic carbocycles. The molecule has 0 radical (unpaired) electrons. The van der Waals surface area contributed by atoms with Gasteiger partial charge in [0.05, 0.1) is 33.9 Å². The lowest BCUT2D eigenvalue weighted by Crippen LogP contribution is -2.31. The summed E-state index contributed by atoms with van der Waals surface area (Å²) in [6, 6.07) is 15.2. The molecule has 7 rings (SSSR count). The number of alkyl halides is 6. The van der Waals surface area contributed by atoms with Gasteiger partial charge in [0.25, 0.3) is 0 Å². The summed E-state index contributed by atoms with van der Waals surface area (Å²) in [4.78, 5) is 48.0. The number of amides is 3. The Morgan fingerprint density at radius 2 is 1.00 bits per heavy atom. The van der Waals surface area contributed by atoms with Gasteiger partial charge in [0.1, 0.15) is 0 Å². The zero-order valence-electron chi connectivity index (χ0n) is 26.6. The Hall–Kier alpha value is -5.20. The van der Waals surface area contributed by atoms with E-state index in [0.717, 1.165) is 12.1 Å². The average Bonchev–Trinajstić information content (AvgIpc) is 3.84. The number of halogens is 6. The van der Waals surface area contributed by atoms with Crippen molar-refractivity contribution in [2.75, 3.05) is 34.3 Å². The Morgan fingerprint density at radius 3 is 1.44 bits per heavy atom. The molecule has 50 heavy (non-hydrogen) atoms. The molecule has 3 aliphatic heterocycles. The Morgan fingerprint density at radius 1 is 0.540 bits per heavy atom. The highest BCUT2D eigenvalue weighted by Crippen LogP contribution is 2.46. The lowest BCUT2D eigenvalue weighted by Gasteiger charge is -2.29. The van der Waals surface area contributed by atoms with Gasteiger partial charge in [-0.05, 0) is 60.7 Å². The van der Waals surface area contributed by atoms with E-state index >= 15 is 0 Å². The first-order valence-corrected chi connectivity index (χ1v) is 16.2. The number of anilines is 3. The third-order valence-corrected chi connectivity index (χ3v) is 9.41. The van der Waals surface area contributed by atoms with Gasteiger partial charge in [-0.2, -0.15) is 26.3 Å². The standard InChI is InChI=1S/C37H30F6N4O3/c38-36(39,40)26-5-1-6-27(37(41,42)43)35(26)28-15-14-24(21-44-28)22-10-12-23(13-11-22)25-19-30(46-17-3-8-33(46)49)31(47-18-4-9-34(47)50)20-29(25)45-16-2-7-32(45)48/h1,5-6,10-15,19-21H,2-4,7-9,16-18H2. The van der Waals surface area contributed by atoms with E-state index in [0.29, 0.717) is 110 Å². The molecule has 4 aromatic rings. The zero-order valence-corrected chi connectivity index (χ0v) is 26.6. The minimum atomic E-state index is -5.03. The number of carbonyl (C=O) groups excluding carboxylic acids is 3. The van der Waals surface area contributed by atoms with Crippen molar-refractivity contribution in [2.45, 2.75) is 50.9 Å². The molecule has 0 N–H and O–H groups in total. The lowest BCUT2D eigenvalue weighted by atomic mass is 9.95. The van der Waals surface area contributed by atoms with Crippen LogP contribution in [0.2, 0.25) is 0 Å². The highest BCUT2D eigenvalue weighted by Gasteiger charge is 2.41. The van der Waals surface area contributed by atoms with E-state index in [2.05, 4.69) is 4.98 Å². The van der Waals surface area contributed by atoms with Crippen LogP contribution in [0.15, 0.2) is 72.9 Å². The molecule has 13 heteroatoms. The highest BCUT2D eigenvalue weighted by molar-refractivity contribution is 6.08. The number of carbonyl (C=O) groups is 3. The Kier molecular flexibility index (Phi) is 8.39. The number of hydrogen-bond donors (Lipinski definition) is 0. The maximum absolute atomic E-state index is 13.8. The topological polar surface area (TPSA) is 73.8 Å². The van der Waals surface area contributed by atoms with Crippen LogP contribution in [-0.2, 0) is 26.7 Å². The van der Waals surface area contributed by atoms with Crippen molar-refractivity contribution in [1.82, 2.24) is 4.98 Å². The van der Waals surface area contributed by atoms with Gasteiger partial charge >= 0.3 is 12.4 Å². The van der Waals surface area contributed by atoms with Crippen LogP contribution in [0.3, 0.4) is 0 Å². The molecule has 0 bridgehead atoms. The first kappa shape index (κ1) is 33.3.